The molecule has 0 atom stereocenters. The van der Waals surface area contributed by atoms with Crippen molar-refractivity contribution in [2.24, 2.45) is 0 Å². The first-order chi connectivity index (χ1) is 9.38. The highest BCUT2D eigenvalue weighted by molar-refractivity contribution is 7.99. The SMILES string of the molecule is N#Cc1cnc2ccccc2c1Sc1ncccn1. The molecule has 0 radical (unpaired) electrons. The van der Waals surface area contributed by atoms with Gasteiger partial charge < -0.3 is 0 Å². The van der Waals surface area contributed by atoms with Crippen molar-refractivity contribution < 1.29 is 0 Å². The third-order valence-electron chi connectivity index (χ3n) is 2.58. The molecule has 2 aromatic heterocycles. The molecule has 0 fully saturated rings. The van der Waals surface area contributed by atoms with Crippen LogP contribution in [-0.2, 0) is 0 Å². The third-order valence-corrected chi connectivity index (χ3v) is 3.62. The van der Waals surface area contributed by atoms with Crippen molar-refractivity contribution in [3.05, 3.63) is 54.5 Å². The molecule has 0 amide bonds. The van der Waals surface area contributed by atoms with Crippen LogP contribution in [0.3, 0.4) is 0 Å². The van der Waals surface area contributed by atoms with Gasteiger partial charge in [0.05, 0.1) is 11.1 Å². The number of rotatable bonds is 2. The van der Waals surface area contributed by atoms with Gasteiger partial charge in [0.2, 0.25) is 0 Å². The molecular formula is C14H8N4S. The van der Waals surface area contributed by atoms with Crippen LogP contribution in [0.15, 0.2) is 59.0 Å². The molecule has 19 heavy (non-hydrogen) atoms. The fraction of sp³-hybridized carbons (Fsp3) is 0. The Morgan fingerprint density at radius 2 is 1.79 bits per heavy atom. The summed E-state index contributed by atoms with van der Waals surface area (Å²) in [6.45, 7) is 0. The van der Waals surface area contributed by atoms with E-state index in [4.69, 9.17) is 0 Å². The summed E-state index contributed by atoms with van der Waals surface area (Å²) in [5, 5.41) is 10.8. The highest BCUT2D eigenvalue weighted by Gasteiger charge is 2.11. The average Bonchev–Trinajstić information content (AvgIpc) is 2.49. The largest absolute Gasteiger partial charge is 0.255 e. The highest BCUT2D eigenvalue weighted by atomic mass is 32.2. The van der Waals surface area contributed by atoms with Gasteiger partial charge in [-0.15, -0.1) is 0 Å². The van der Waals surface area contributed by atoms with Crippen LogP contribution >= 0.6 is 11.8 Å². The van der Waals surface area contributed by atoms with Gasteiger partial charge in [-0.1, -0.05) is 18.2 Å². The van der Waals surface area contributed by atoms with E-state index >= 15 is 0 Å². The lowest BCUT2D eigenvalue weighted by Gasteiger charge is -2.06. The predicted molar refractivity (Wildman–Crippen MR) is 72.6 cm³/mol. The third kappa shape index (κ3) is 2.26. The van der Waals surface area contributed by atoms with Gasteiger partial charge in [-0.05, 0) is 23.9 Å². The van der Waals surface area contributed by atoms with Gasteiger partial charge in [-0.2, -0.15) is 5.26 Å². The smallest absolute Gasteiger partial charge is 0.192 e. The summed E-state index contributed by atoms with van der Waals surface area (Å²) >= 11 is 1.38. The van der Waals surface area contributed by atoms with E-state index in [1.54, 1.807) is 24.7 Å². The first-order valence-corrected chi connectivity index (χ1v) is 6.43. The first-order valence-electron chi connectivity index (χ1n) is 5.61. The molecule has 5 heteroatoms. The van der Waals surface area contributed by atoms with Gasteiger partial charge in [0.1, 0.15) is 6.07 Å². The van der Waals surface area contributed by atoms with Crippen LogP contribution < -0.4 is 0 Å². The lowest BCUT2D eigenvalue weighted by Crippen LogP contribution is -1.90. The summed E-state index contributed by atoms with van der Waals surface area (Å²) < 4.78 is 0. The summed E-state index contributed by atoms with van der Waals surface area (Å²) in [4.78, 5) is 13.5. The number of nitriles is 1. The van der Waals surface area contributed by atoms with Crippen molar-refractivity contribution in [1.82, 2.24) is 15.0 Å². The second-order valence-corrected chi connectivity index (χ2v) is 4.74. The van der Waals surface area contributed by atoms with Crippen molar-refractivity contribution in [3.8, 4) is 6.07 Å². The molecule has 0 unspecified atom stereocenters. The molecule has 0 N–H and O–H groups in total. The maximum Gasteiger partial charge on any atom is 0.192 e. The lowest BCUT2D eigenvalue weighted by molar-refractivity contribution is 0.967. The van der Waals surface area contributed by atoms with E-state index in [0.717, 1.165) is 15.8 Å². The highest BCUT2D eigenvalue weighted by Crippen LogP contribution is 2.33. The Hall–Kier alpha value is -2.45. The molecule has 2 heterocycles. The molecular weight excluding hydrogens is 256 g/mol. The van der Waals surface area contributed by atoms with Gasteiger partial charge in [0.15, 0.2) is 5.16 Å². The number of aromatic nitrogens is 3. The van der Waals surface area contributed by atoms with Gasteiger partial charge >= 0.3 is 0 Å². The Kier molecular flexibility index (Phi) is 3.09. The number of pyridine rings is 1. The van der Waals surface area contributed by atoms with Crippen LogP contribution in [0.25, 0.3) is 10.9 Å². The quantitative estimate of drug-likeness (QED) is 0.666. The van der Waals surface area contributed by atoms with Crippen molar-refractivity contribution in [2.75, 3.05) is 0 Å². The predicted octanol–water partition coefficient (Wildman–Crippen LogP) is 3.05. The molecule has 1 aromatic carbocycles. The van der Waals surface area contributed by atoms with E-state index in [1.807, 2.05) is 24.3 Å². The number of benzene rings is 1. The van der Waals surface area contributed by atoms with Gasteiger partial charge in [0, 0.05) is 28.9 Å². The molecule has 0 saturated carbocycles. The molecule has 0 aliphatic rings. The fourth-order valence-electron chi connectivity index (χ4n) is 1.74. The topological polar surface area (TPSA) is 62.5 Å². The maximum atomic E-state index is 9.21. The Balaban J connectivity index is 2.18. The Morgan fingerprint density at radius 1 is 1.00 bits per heavy atom. The molecule has 0 aliphatic carbocycles. The summed E-state index contributed by atoms with van der Waals surface area (Å²) in [6, 6.07) is 11.7. The minimum absolute atomic E-state index is 0.538. The van der Waals surface area contributed by atoms with E-state index in [0.29, 0.717) is 10.7 Å². The summed E-state index contributed by atoms with van der Waals surface area (Å²) in [5.74, 6) is 0. The first kappa shape index (κ1) is 11.6. The van der Waals surface area contributed by atoms with Crippen molar-refractivity contribution in [2.45, 2.75) is 10.1 Å². The van der Waals surface area contributed by atoms with Crippen LogP contribution in [0.4, 0.5) is 0 Å². The molecule has 0 bridgehead atoms. The molecule has 0 saturated heterocycles. The summed E-state index contributed by atoms with van der Waals surface area (Å²) in [6.07, 6.45) is 4.96. The standard InChI is InChI=1S/C14H8N4S/c15-8-10-9-18-12-5-2-1-4-11(12)13(10)19-14-16-6-3-7-17-14/h1-7,9H. The second kappa shape index (κ2) is 5.04. The minimum atomic E-state index is 0.538. The normalized spacial score (nSPS) is 10.3. The lowest BCUT2D eigenvalue weighted by atomic mass is 10.2. The zero-order chi connectivity index (χ0) is 13.1. The van der Waals surface area contributed by atoms with Crippen LogP contribution in [-0.4, -0.2) is 15.0 Å². The van der Waals surface area contributed by atoms with Gasteiger partial charge in [-0.25, -0.2) is 9.97 Å². The maximum absolute atomic E-state index is 9.21. The number of fused-ring (bicyclic) bond motifs is 1. The van der Waals surface area contributed by atoms with Gasteiger partial charge in [0.25, 0.3) is 0 Å². The van der Waals surface area contributed by atoms with Crippen molar-refractivity contribution in [3.63, 3.8) is 0 Å². The Bertz CT molecular complexity index is 765. The average molecular weight is 264 g/mol. The van der Waals surface area contributed by atoms with E-state index < -0.39 is 0 Å². The van der Waals surface area contributed by atoms with Crippen molar-refractivity contribution in [1.29, 1.82) is 5.26 Å². The van der Waals surface area contributed by atoms with Crippen LogP contribution in [0.1, 0.15) is 5.56 Å². The molecule has 3 aromatic rings. The minimum Gasteiger partial charge on any atom is -0.255 e. The van der Waals surface area contributed by atoms with Gasteiger partial charge in [-0.3, -0.25) is 4.98 Å². The molecule has 0 spiro atoms. The van der Waals surface area contributed by atoms with E-state index in [9.17, 15) is 5.26 Å². The molecule has 4 nitrogen and oxygen atoms in total. The van der Waals surface area contributed by atoms with E-state index in [-0.39, 0.29) is 0 Å². The van der Waals surface area contributed by atoms with Crippen molar-refractivity contribution >= 4 is 22.7 Å². The number of hydrogen-bond acceptors (Lipinski definition) is 5. The number of para-hydroxylation sites is 1. The number of hydrogen-bond donors (Lipinski definition) is 0. The van der Waals surface area contributed by atoms with Crippen LogP contribution in [0.5, 0.6) is 0 Å². The van der Waals surface area contributed by atoms with E-state index in [1.165, 1.54) is 11.8 Å². The summed E-state index contributed by atoms with van der Waals surface area (Å²) in [7, 11) is 0. The molecule has 0 aliphatic heterocycles. The zero-order valence-electron chi connectivity index (χ0n) is 9.82. The fourth-order valence-corrected chi connectivity index (χ4v) is 2.64. The summed E-state index contributed by atoms with van der Waals surface area (Å²) in [5.41, 5.74) is 1.40. The van der Waals surface area contributed by atoms with E-state index in [2.05, 4.69) is 21.0 Å². The second-order valence-electron chi connectivity index (χ2n) is 3.76. The van der Waals surface area contributed by atoms with Crippen LogP contribution in [0.2, 0.25) is 0 Å². The number of nitrogens with zero attached hydrogens (tertiary/aromatic N) is 4. The zero-order valence-corrected chi connectivity index (χ0v) is 10.6. The van der Waals surface area contributed by atoms with Crippen LogP contribution in [0, 0.1) is 11.3 Å². The Labute approximate surface area is 114 Å². The molecule has 90 valence electrons. The molecule has 3 rings (SSSR count). The Morgan fingerprint density at radius 3 is 2.58 bits per heavy atom. The monoisotopic (exact) mass is 264 g/mol.